The second-order valence-electron chi connectivity index (χ2n) is 9.74. The Kier molecular flexibility index (Phi) is 19.4. The minimum Gasteiger partial charge on any atom is -0.462 e. The molecule has 0 aromatic heterocycles. The fraction of sp³-hybridized carbons (Fsp3) is 0.500. The first-order valence-electron chi connectivity index (χ1n) is 14.8. The van der Waals surface area contributed by atoms with E-state index < -0.39 is 11.9 Å². The zero-order valence-electron chi connectivity index (χ0n) is 24.8. The lowest BCUT2D eigenvalue weighted by Gasteiger charge is -2.14. The van der Waals surface area contributed by atoms with Gasteiger partial charge in [0.15, 0.2) is 0 Å². The van der Waals surface area contributed by atoms with E-state index in [1.807, 2.05) is 30.3 Å². The van der Waals surface area contributed by atoms with Crippen LogP contribution in [0.4, 0.5) is 0 Å². The number of unbranched alkanes of at least 4 members (excludes halogenated alkanes) is 10. The molecule has 0 aliphatic carbocycles. The summed E-state index contributed by atoms with van der Waals surface area (Å²) in [7, 11) is 0. The predicted octanol–water partition coefficient (Wildman–Crippen LogP) is 9.02. The van der Waals surface area contributed by atoms with Gasteiger partial charge in [-0.25, -0.2) is 9.59 Å². The molecule has 0 saturated carbocycles. The van der Waals surface area contributed by atoms with E-state index >= 15 is 0 Å². The van der Waals surface area contributed by atoms with Crippen LogP contribution in [0, 0.1) is 0 Å². The smallest absolute Gasteiger partial charge is 0.344 e. The van der Waals surface area contributed by atoms with Crippen molar-refractivity contribution in [2.45, 2.75) is 104 Å². The summed E-state index contributed by atoms with van der Waals surface area (Å²) in [6.45, 7) is 9.27. The van der Waals surface area contributed by atoms with Crippen molar-refractivity contribution in [2.75, 3.05) is 6.61 Å². The van der Waals surface area contributed by atoms with Gasteiger partial charge in [-0.15, -0.1) is 0 Å². The summed E-state index contributed by atoms with van der Waals surface area (Å²) in [4.78, 5) is 35.9. The number of rotatable bonds is 18. The minimum absolute atomic E-state index is 0.278. The Morgan fingerprint density at radius 3 is 1.90 bits per heavy atom. The average Bonchev–Trinajstić information content (AvgIpc) is 2.95. The van der Waals surface area contributed by atoms with Gasteiger partial charge in [0.25, 0.3) is 0 Å². The molecule has 0 heterocycles. The second-order valence-corrected chi connectivity index (χ2v) is 9.74. The van der Waals surface area contributed by atoms with Gasteiger partial charge in [0.2, 0.25) is 0 Å². The monoisotopic (exact) mass is 552 g/mol. The molecule has 6 nitrogen and oxygen atoms in total. The van der Waals surface area contributed by atoms with Crippen LogP contribution < -0.4 is 4.74 Å². The van der Waals surface area contributed by atoms with Gasteiger partial charge in [0, 0.05) is 6.92 Å². The van der Waals surface area contributed by atoms with Crippen molar-refractivity contribution in [3.05, 3.63) is 78.1 Å². The first-order valence-corrected chi connectivity index (χ1v) is 14.8. The summed E-state index contributed by atoms with van der Waals surface area (Å²) in [5, 5.41) is 0. The Hall–Kier alpha value is -3.41. The molecule has 0 bridgehead atoms. The number of hydrogen-bond acceptors (Lipinski definition) is 6. The highest BCUT2D eigenvalue weighted by molar-refractivity contribution is 6.04. The van der Waals surface area contributed by atoms with Crippen molar-refractivity contribution < 1.29 is 28.6 Å². The lowest BCUT2D eigenvalue weighted by molar-refractivity contribution is -0.135. The van der Waals surface area contributed by atoms with E-state index in [1.165, 1.54) is 51.9 Å². The minimum atomic E-state index is -0.525. The molecular formula is C34H48O6. The lowest BCUT2D eigenvalue weighted by atomic mass is 9.96. The molecule has 0 amide bonds. The van der Waals surface area contributed by atoms with E-state index in [0.29, 0.717) is 17.9 Å². The van der Waals surface area contributed by atoms with Crippen molar-refractivity contribution in [3.8, 4) is 5.75 Å². The molecule has 2 aromatic carbocycles. The largest absolute Gasteiger partial charge is 0.462 e. The lowest BCUT2D eigenvalue weighted by Crippen LogP contribution is -2.18. The van der Waals surface area contributed by atoms with Crippen molar-refractivity contribution in [2.24, 2.45) is 0 Å². The maximum Gasteiger partial charge on any atom is 0.344 e. The molecule has 2 rings (SSSR count). The first-order chi connectivity index (χ1) is 19.4. The van der Waals surface area contributed by atoms with Gasteiger partial charge in [-0.3, -0.25) is 4.79 Å². The molecule has 0 saturated heterocycles. The van der Waals surface area contributed by atoms with Crippen molar-refractivity contribution in [1.82, 2.24) is 0 Å². The Labute approximate surface area is 241 Å². The SMILES string of the molecule is C=COC(C)=O.CCCCCCCCOC(=O)c1c(CCCCCCCC)cccc1C(=O)Oc1ccccc1. The van der Waals surface area contributed by atoms with Gasteiger partial charge in [-0.05, 0) is 43.0 Å². The van der Waals surface area contributed by atoms with Crippen molar-refractivity contribution in [3.63, 3.8) is 0 Å². The Bertz CT molecular complexity index is 999. The van der Waals surface area contributed by atoms with Crippen LogP contribution in [0.1, 0.15) is 124 Å². The third-order valence-corrected chi connectivity index (χ3v) is 6.31. The zero-order valence-corrected chi connectivity index (χ0v) is 24.8. The normalized spacial score (nSPS) is 10.2. The highest BCUT2D eigenvalue weighted by atomic mass is 16.5. The number of carbonyl (C=O) groups excluding carboxylic acids is 3. The molecule has 0 spiro atoms. The van der Waals surface area contributed by atoms with Crippen molar-refractivity contribution >= 4 is 17.9 Å². The van der Waals surface area contributed by atoms with E-state index in [0.717, 1.165) is 50.4 Å². The average molecular weight is 553 g/mol. The Balaban J connectivity index is 0.00000120. The van der Waals surface area contributed by atoms with E-state index in [1.54, 1.807) is 18.2 Å². The maximum atomic E-state index is 13.1. The van der Waals surface area contributed by atoms with Crippen LogP contribution >= 0.6 is 0 Å². The van der Waals surface area contributed by atoms with Crippen LogP contribution in [0.25, 0.3) is 0 Å². The van der Waals surface area contributed by atoms with Crippen LogP contribution in [0.5, 0.6) is 5.75 Å². The Morgan fingerprint density at radius 2 is 1.32 bits per heavy atom. The summed E-state index contributed by atoms with van der Waals surface area (Å²) in [6, 6.07) is 14.4. The topological polar surface area (TPSA) is 78.9 Å². The predicted molar refractivity (Wildman–Crippen MR) is 161 cm³/mol. The molecule has 2 aromatic rings. The van der Waals surface area contributed by atoms with Gasteiger partial charge >= 0.3 is 17.9 Å². The van der Waals surface area contributed by atoms with E-state index in [2.05, 4.69) is 25.2 Å². The first kappa shape index (κ1) is 34.6. The molecule has 220 valence electrons. The number of benzene rings is 2. The van der Waals surface area contributed by atoms with Crippen molar-refractivity contribution in [1.29, 1.82) is 0 Å². The summed E-state index contributed by atoms with van der Waals surface area (Å²) in [6.07, 6.45) is 15.6. The zero-order chi connectivity index (χ0) is 29.4. The number of ether oxygens (including phenoxy) is 3. The van der Waals surface area contributed by atoms with E-state index in [4.69, 9.17) is 9.47 Å². The van der Waals surface area contributed by atoms with Crippen LogP contribution in [0.3, 0.4) is 0 Å². The number of hydrogen-bond donors (Lipinski definition) is 0. The van der Waals surface area contributed by atoms with E-state index in [-0.39, 0.29) is 11.5 Å². The van der Waals surface area contributed by atoms with Crippen LogP contribution in [-0.4, -0.2) is 24.5 Å². The number of aryl methyl sites for hydroxylation is 1. The fourth-order valence-electron chi connectivity index (χ4n) is 4.20. The maximum absolute atomic E-state index is 13.1. The molecule has 0 aliphatic rings. The van der Waals surface area contributed by atoms with Crippen LogP contribution in [-0.2, 0) is 20.7 Å². The van der Waals surface area contributed by atoms with Crippen LogP contribution in [0.2, 0.25) is 0 Å². The highest BCUT2D eigenvalue weighted by Gasteiger charge is 2.23. The molecular weight excluding hydrogens is 504 g/mol. The van der Waals surface area contributed by atoms with E-state index in [9.17, 15) is 14.4 Å². The molecule has 0 atom stereocenters. The summed E-state index contributed by atoms with van der Waals surface area (Å²) >= 11 is 0. The van der Waals surface area contributed by atoms with Gasteiger partial charge in [-0.1, -0.05) is 115 Å². The van der Waals surface area contributed by atoms with Gasteiger partial charge in [0.1, 0.15) is 5.75 Å². The van der Waals surface area contributed by atoms with Crippen LogP contribution in [0.15, 0.2) is 61.4 Å². The molecule has 0 radical (unpaired) electrons. The third-order valence-electron chi connectivity index (χ3n) is 6.31. The van der Waals surface area contributed by atoms with Gasteiger partial charge < -0.3 is 14.2 Å². The third kappa shape index (κ3) is 15.2. The quantitative estimate of drug-likeness (QED) is 0.0794. The molecule has 0 fully saturated rings. The summed E-state index contributed by atoms with van der Waals surface area (Å²) in [5.41, 5.74) is 1.51. The van der Waals surface area contributed by atoms with Gasteiger partial charge in [0.05, 0.1) is 24.0 Å². The second kappa shape index (κ2) is 22.4. The highest BCUT2D eigenvalue weighted by Crippen LogP contribution is 2.22. The molecule has 0 aliphatic heterocycles. The molecule has 0 unspecified atom stereocenters. The number of carbonyl (C=O) groups is 3. The Morgan fingerprint density at radius 1 is 0.725 bits per heavy atom. The molecule has 6 heteroatoms. The molecule has 0 N–H and O–H groups in total. The number of esters is 3. The summed E-state index contributed by atoms with van der Waals surface area (Å²) < 4.78 is 15.3. The fourth-order valence-corrected chi connectivity index (χ4v) is 4.20. The van der Waals surface area contributed by atoms with Gasteiger partial charge in [-0.2, -0.15) is 0 Å². The summed E-state index contributed by atoms with van der Waals surface area (Å²) in [5.74, 6) is -0.817. The molecule has 40 heavy (non-hydrogen) atoms. The standard InChI is InChI=1S/C30H42O4.C4H6O2/c1-3-5-7-9-11-14-19-25-20-18-23-27(29(31)34-26-21-15-13-16-22-26)28(25)30(32)33-24-17-12-10-8-6-4-2;1-3-6-4(2)5/h13,15-16,18,20-23H,3-12,14,17,19,24H2,1-2H3;3H,1H2,2H3. The number of para-hydroxylation sites is 1.